The van der Waals surface area contributed by atoms with Crippen molar-refractivity contribution in [3.05, 3.63) is 42.5 Å². The van der Waals surface area contributed by atoms with Crippen LogP contribution in [0.15, 0.2) is 41.9 Å². The molecule has 0 bridgehead atoms. The summed E-state index contributed by atoms with van der Waals surface area (Å²) in [4.78, 5) is 4.37. The van der Waals surface area contributed by atoms with E-state index in [0.29, 0.717) is 0 Å². The van der Waals surface area contributed by atoms with Crippen LogP contribution in [0.1, 0.15) is 5.56 Å². The van der Waals surface area contributed by atoms with Crippen LogP contribution in [-0.2, 0) is 6.42 Å². The van der Waals surface area contributed by atoms with Gasteiger partial charge in [0.1, 0.15) is 0 Å². The van der Waals surface area contributed by atoms with Crippen molar-refractivity contribution in [2.75, 3.05) is 0 Å². The highest BCUT2D eigenvalue weighted by atomic mass is 14.8. The molecule has 1 heterocycles. The lowest BCUT2D eigenvalue weighted by Crippen LogP contribution is -1.89. The summed E-state index contributed by atoms with van der Waals surface area (Å²) in [5, 5.41) is 0. The predicted molar refractivity (Wildman–Crippen MR) is 47.4 cm³/mol. The molecule has 0 atom stereocenters. The van der Waals surface area contributed by atoms with Crippen molar-refractivity contribution in [2.24, 2.45) is 4.99 Å². The SMILES string of the molecule is C=CC1=Nc2ccccc2C1. The lowest BCUT2D eigenvalue weighted by Gasteiger charge is -1.91. The number of fused-ring (bicyclic) bond motifs is 1. The van der Waals surface area contributed by atoms with Crippen molar-refractivity contribution in [1.29, 1.82) is 0 Å². The number of para-hydroxylation sites is 1. The predicted octanol–water partition coefficient (Wildman–Crippen LogP) is 2.50. The fraction of sp³-hybridized carbons (Fsp3) is 0.100. The van der Waals surface area contributed by atoms with Gasteiger partial charge in [-0.25, -0.2) is 0 Å². The van der Waals surface area contributed by atoms with Gasteiger partial charge in [0.2, 0.25) is 0 Å². The third-order valence-corrected chi connectivity index (χ3v) is 1.86. The zero-order valence-electron chi connectivity index (χ0n) is 6.25. The van der Waals surface area contributed by atoms with Gasteiger partial charge in [-0.05, 0) is 17.7 Å². The average Bonchev–Trinajstić information content (AvgIpc) is 2.46. The molecule has 0 unspecified atom stereocenters. The summed E-state index contributed by atoms with van der Waals surface area (Å²) >= 11 is 0. The Morgan fingerprint density at radius 3 is 2.91 bits per heavy atom. The molecular weight excluding hydrogens is 134 g/mol. The molecule has 0 radical (unpaired) electrons. The third kappa shape index (κ3) is 0.984. The summed E-state index contributed by atoms with van der Waals surface area (Å²) < 4.78 is 0. The molecule has 0 N–H and O–H groups in total. The second-order valence-corrected chi connectivity index (χ2v) is 2.61. The Morgan fingerprint density at radius 2 is 2.18 bits per heavy atom. The second kappa shape index (κ2) is 2.35. The first kappa shape index (κ1) is 6.35. The Bertz CT molecular complexity index is 323. The quantitative estimate of drug-likeness (QED) is 0.572. The fourth-order valence-corrected chi connectivity index (χ4v) is 1.28. The third-order valence-electron chi connectivity index (χ3n) is 1.86. The fourth-order valence-electron chi connectivity index (χ4n) is 1.28. The Hall–Kier alpha value is -1.37. The van der Waals surface area contributed by atoms with E-state index in [1.165, 1.54) is 5.56 Å². The number of aliphatic imine (C=N–C) groups is 1. The monoisotopic (exact) mass is 143 g/mol. The Kier molecular flexibility index (Phi) is 1.35. The molecule has 0 saturated carbocycles. The molecule has 0 aliphatic carbocycles. The maximum atomic E-state index is 4.37. The van der Waals surface area contributed by atoms with E-state index in [0.717, 1.165) is 17.8 Å². The van der Waals surface area contributed by atoms with E-state index in [1.807, 2.05) is 24.3 Å². The molecule has 54 valence electrons. The zero-order chi connectivity index (χ0) is 7.68. The summed E-state index contributed by atoms with van der Waals surface area (Å²) in [7, 11) is 0. The van der Waals surface area contributed by atoms with Crippen molar-refractivity contribution in [2.45, 2.75) is 6.42 Å². The summed E-state index contributed by atoms with van der Waals surface area (Å²) in [6.45, 7) is 3.69. The molecule has 1 aliphatic rings. The van der Waals surface area contributed by atoms with E-state index in [-0.39, 0.29) is 0 Å². The molecule has 1 aromatic rings. The van der Waals surface area contributed by atoms with Gasteiger partial charge in [-0.2, -0.15) is 0 Å². The first-order chi connectivity index (χ1) is 5.40. The number of allylic oxidation sites excluding steroid dienone is 1. The summed E-state index contributed by atoms with van der Waals surface area (Å²) in [5.41, 5.74) is 3.48. The highest BCUT2D eigenvalue weighted by molar-refractivity contribution is 6.01. The van der Waals surface area contributed by atoms with Crippen LogP contribution in [0.3, 0.4) is 0 Å². The normalized spacial score (nSPS) is 14.0. The molecule has 0 amide bonds. The van der Waals surface area contributed by atoms with Crippen molar-refractivity contribution in [3.8, 4) is 0 Å². The maximum Gasteiger partial charge on any atom is 0.0669 e. The van der Waals surface area contributed by atoms with E-state index in [4.69, 9.17) is 0 Å². The van der Waals surface area contributed by atoms with Gasteiger partial charge in [-0.1, -0.05) is 24.8 Å². The minimum Gasteiger partial charge on any atom is -0.253 e. The van der Waals surface area contributed by atoms with Crippen LogP contribution in [0.25, 0.3) is 0 Å². The molecule has 0 aromatic heterocycles. The Morgan fingerprint density at radius 1 is 1.36 bits per heavy atom. The Labute approximate surface area is 66.1 Å². The van der Waals surface area contributed by atoms with Crippen molar-refractivity contribution in [3.63, 3.8) is 0 Å². The van der Waals surface area contributed by atoms with E-state index < -0.39 is 0 Å². The molecule has 1 nitrogen and oxygen atoms in total. The summed E-state index contributed by atoms with van der Waals surface area (Å²) in [5.74, 6) is 0. The first-order valence-electron chi connectivity index (χ1n) is 3.68. The highest BCUT2D eigenvalue weighted by Gasteiger charge is 2.09. The van der Waals surface area contributed by atoms with Crippen LogP contribution in [0.5, 0.6) is 0 Å². The Balaban J connectivity index is 2.47. The van der Waals surface area contributed by atoms with Gasteiger partial charge in [0.05, 0.1) is 5.69 Å². The lowest BCUT2D eigenvalue weighted by atomic mass is 10.1. The molecule has 1 heteroatoms. The van der Waals surface area contributed by atoms with Gasteiger partial charge in [-0.3, -0.25) is 4.99 Å². The molecule has 11 heavy (non-hydrogen) atoms. The average molecular weight is 143 g/mol. The smallest absolute Gasteiger partial charge is 0.0669 e. The lowest BCUT2D eigenvalue weighted by molar-refractivity contribution is 1.40. The number of nitrogens with zero attached hydrogens (tertiary/aromatic N) is 1. The standard InChI is InChI=1S/C10H9N/c1-2-9-7-8-5-3-4-6-10(8)11-9/h2-6H,1,7H2. The molecule has 2 rings (SSSR count). The number of rotatable bonds is 1. The van der Waals surface area contributed by atoms with Gasteiger partial charge in [-0.15, -0.1) is 0 Å². The van der Waals surface area contributed by atoms with Crippen molar-refractivity contribution < 1.29 is 0 Å². The minimum absolute atomic E-state index is 0.944. The van der Waals surface area contributed by atoms with Crippen LogP contribution in [-0.4, -0.2) is 5.71 Å². The molecule has 1 aromatic carbocycles. The molecule has 1 aliphatic heterocycles. The van der Waals surface area contributed by atoms with Crippen molar-refractivity contribution in [1.82, 2.24) is 0 Å². The van der Waals surface area contributed by atoms with Crippen LogP contribution < -0.4 is 0 Å². The van der Waals surface area contributed by atoms with E-state index in [9.17, 15) is 0 Å². The minimum atomic E-state index is 0.944. The van der Waals surface area contributed by atoms with Crippen LogP contribution in [0, 0.1) is 0 Å². The van der Waals surface area contributed by atoms with E-state index in [1.54, 1.807) is 0 Å². The van der Waals surface area contributed by atoms with Crippen LogP contribution in [0.4, 0.5) is 5.69 Å². The number of benzene rings is 1. The topological polar surface area (TPSA) is 12.4 Å². The van der Waals surface area contributed by atoms with Gasteiger partial charge >= 0.3 is 0 Å². The van der Waals surface area contributed by atoms with E-state index >= 15 is 0 Å². The molecule has 0 saturated heterocycles. The molecular formula is C10H9N. The highest BCUT2D eigenvalue weighted by Crippen LogP contribution is 2.25. The molecule has 0 spiro atoms. The van der Waals surface area contributed by atoms with Gasteiger partial charge in [0.15, 0.2) is 0 Å². The number of hydrogen-bond donors (Lipinski definition) is 0. The van der Waals surface area contributed by atoms with Gasteiger partial charge in [0.25, 0.3) is 0 Å². The van der Waals surface area contributed by atoms with Crippen LogP contribution in [0.2, 0.25) is 0 Å². The van der Waals surface area contributed by atoms with Crippen LogP contribution >= 0.6 is 0 Å². The largest absolute Gasteiger partial charge is 0.253 e. The maximum absolute atomic E-state index is 4.37. The zero-order valence-corrected chi connectivity index (χ0v) is 6.25. The summed E-state index contributed by atoms with van der Waals surface area (Å²) in [6, 6.07) is 8.19. The van der Waals surface area contributed by atoms with E-state index in [2.05, 4.69) is 17.6 Å². The van der Waals surface area contributed by atoms with Gasteiger partial charge < -0.3 is 0 Å². The second-order valence-electron chi connectivity index (χ2n) is 2.61. The number of hydrogen-bond acceptors (Lipinski definition) is 1. The van der Waals surface area contributed by atoms with Gasteiger partial charge in [0, 0.05) is 12.1 Å². The first-order valence-corrected chi connectivity index (χ1v) is 3.68. The molecule has 0 fully saturated rings. The van der Waals surface area contributed by atoms with Crippen molar-refractivity contribution >= 4 is 11.4 Å². The summed E-state index contributed by atoms with van der Waals surface area (Å²) in [6.07, 6.45) is 2.76.